The molecule has 2 aromatic rings. The molecule has 22 heavy (non-hydrogen) atoms. The van der Waals surface area contributed by atoms with Gasteiger partial charge in [0.25, 0.3) is 5.91 Å². The lowest BCUT2D eigenvalue weighted by Gasteiger charge is -2.16. The molecule has 0 aliphatic heterocycles. The van der Waals surface area contributed by atoms with Gasteiger partial charge in [0.15, 0.2) is 11.5 Å². The molecule has 0 bridgehead atoms. The van der Waals surface area contributed by atoms with Crippen molar-refractivity contribution in [3.8, 4) is 11.5 Å². The van der Waals surface area contributed by atoms with Crippen molar-refractivity contribution in [2.24, 2.45) is 0 Å². The van der Waals surface area contributed by atoms with E-state index in [0.717, 1.165) is 11.1 Å². The summed E-state index contributed by atoms with van der Waals surface area (Å²) in [5.74, 6) is 1.23. The first-order valence-corrected chi connectivity index (χ1v) is 7.14. The van der Waals surface area contributed by atoms with Gasteiger partial charge in [0.05, 0.1) is 20.3 Å². The van der Waals surface area contributed by atoms with Crippen molar-refractivity contribution in [1.29, 1.82) is 0 Å². The van der Waals surface area contributed by atoms with Gasteiger partial charge in [-0.15, -0.1) is 0 Å². The fourth-order valence-corrected chi connectivity index (χ4v) is 2.27. The van der Waals surface area contributed by atoms with Crippen molar-refractivity contribution in [3.63, 3.8) is 0 Å². The van der Waals surface area contributed by atoms with Gasteiger partial charge in [-0.05, 0) is 43.7 Å². The lowest BCUT2D eigenvalue weighted by Crippen LogP contribution is -2.26. The van der Waals surface area contributed by atoms with E-state index in [-0.39, 0.29) is 11.9 Å². The monoisotopic (exact) mass is 299 g/mol. The summed E-state index contributed by atoms with van der Waals surface area (Å²) in [5, 5.41) is 2.99. The minimum absolute atomic E-state index is 0.0917. The number of methoxy groups -OCH3 is 2. The maximum atomic E-state index is 12.3. The Hall–Kier alpha value is -2.49. The van der Waals surface area contributed by atoms with Gasteiger partial charge in [-0.3, -0.25) is 4.79 Å². The van der Waals surface area contributed by atoms with Crippen LogP contribution in [0.4, 0.5) is 0 Å². The second-order valence-electron chi connectivity index (χ2n) is 5.18. The minimum Gasteiger partial charge on any atom is -0.493 e. The highest BCUT2D eigenvalue weighted by molar-refractivity contribution is 5.94. The average molecular weight is 299 g/mol. The topological polar surface area (TPSA) is 47.6 Å². The van der Waals surface area contributed by atoms with Crippen LogP contribution in [0, 0.1) is 6.92 Å². The molecule has 2 rings (SSSR count). The highest BCUT2D eigenvalue weighted by Gasteiger charge is 2.14. The number of carbonyl (C=O) groups is 1. The van der Waals surface area contributed by atoms with Gasteiger partial charge in [-0.25, -0.2) is 0 Å². The molecule has 0 radical (unpaired) electrons. The van der Waals surface area contributed by atoms with Crippen LogP contribution in [0.5, 0.6) is 11.5 Å². The maximum Gasteiger partial charge on any atom is 0.251 e. The Kier molecular flexibility index (Phi) is 5.04. The molecule has 1 N–H and O–H groups in total. The zero-order valence-electron chi connectivity index (χ0n) is 13.3. The molecule has 0 fully saturated rings. The quantitative estimate of drug-likeness (QED) is 0.919. The number of ether oxygens (including phenoxy) is 2. The first-order chi connectivity index (χ1) is 10.5. The van der Waals surface area contributed by atoms with Gasteiger partial charge in [-0.2, -0.15) is 0 Å². The molecule has 0 aliphatic rings. The van der Waals surface area contributed by atoms with Crippen LogP contribution in [0.1, 0.15) is 34.5 Å². The molecule has 1 atom stereocenters. The number of nitrogens with one attached hydrogen (secondary N) is 1. The second-order valence-corrected chi connectivity index (χ2v) is 5.18. The zero-order chi connectivity index (χ0) is 16.1. The van der Waals surface area contributed by atoms with Crippen LogP contribution in [-0.4, -0.2) is 20.1 Å². The first-order valence-electron chi connectivity index (χ1n) is 7.14. The number of hydrogen-bond donors (Lipinski definition) is 1. The zero-order valence-corrected chi connectivity index (χ0v) is 13.3. The highest BCUT2D eigenvalue weighted by Crippen LogP contribution is 2.29. The molecule has 1 amide bonds. The van der Waals surface area contributed by atoms with Crippen molar-refractivity contribution in [3.05, 3.63) is 59.2 Å². The summed E-state index contributed by atoms with van der Waals surface area (Å²) in [6, 6.07) is 13.0. The van der Waals surface area contributed by atoms with E-state index in [2.05, 4.69) is 5.32 Å². The van der Waals surface area contributed by atoms with E-state index in [0.29, 0.717) is 17.1 Å². The molecule has 0 saturated carbocycles. The van der Waals surface area contributed by atoms with Crippen LogP contribution in [0.3, 0.4) is 0 Å². The van der Waals surface area contributed by atoms with E-state index in [1.165, 1.54) is 0 Å². The second kappa shape index (κ2) is 6.98. The smallest absolute Gasteiger partial charge is 0.251 e. The van der Waals surface area contributed by atoms with Crippen molar-refractivity contribution in [1.82, 2.24) is 5.32 Å². The molecule has 2 aromatic carbocycles. The Labute approximate surface area is 131 Å². The Balaban J connectivity index is 2.15. The fourth-order valence-electron chi connectivity index (χ4n) is 2.27. The molecule has 4 heteroatoms. The van der Waals surface area contributed by atoms with Crippen molar-refractivity contribution in [2.45, 2.75) is 19.9 Å². The summed E-state index contributed by atoms with van der Waals surface area (Å²) in [6.45, 7) is 3.91. The Morgan fingerprint density at radius 1 is 1.05 bits per heavy atom. The molecular formula is C18H21NO3. The van der Waals surface area contributed by atoms with Gasteiger partial charge in [-0.1, -0.05) is 23.8 Å². The summed E-state index contributed by atoms with van der Waals surface area (Å²) in [4.78, 5) is 12.3. The van der Waals surface area contributed by atoms with Gasteiger partial charge in [0.2, 0.25) is 0 Å². The molecule has 0 aromatic heterocycles. The average Bonchev–Trinajstić information content (AvgIpc) is 2.54. The van der Waals surface area contributed by atoms with Gasteiger partial charge >= 0.3 is 0 Å². The Bertz CT molecular complexity index is 667. The molecule has 0 saturated heterocycles. The number of amides is 1. The summed E-state index contributed by atoms with van der Waals surface area (Å²) in [5.41, 5.74) is 2.68. The predicted octanol–water partition coefficient (Wildman–Crippen LogP) is 3.50. The number of hydrogen-bond acceptors (Lipinski definition) is 3. The summed E-state index contributed by atoms with van der Waals surface area (Å²) in [6.07, 6.45) is 0. The number of rotatable bonds is 5. The predicted molar refractivity (Wildman–Crippen MR) is 86.6 cm³/mol. The van der Waals surface area contributed by atoms with Crippen molar-refractivity contribution < 1.29 is 14.3 Å². The van der Waals surface area contributed by atoms with E-state index < -0.39 is 0 Å². The van der Waals surface area contributed by atoms with Crippen LogP contribution < -0.4 is 14.8 Å². The van der Waals surface area contributed by atoms with Gasteiger partial charge < -0.3 is 14.8 Å². The molecule has 1 unspecified atom stereocenters. The third kappa shape index (κ3) is 3.58. The maximum absolute atomic E-state index is 12.3. The lowest BCUT2D eigenvalue weighted by molar-refractivity contribution is 0.0939. The number of aryl methyl sites for hydroxylation is 1. The SMILES string of the molecule is COc1ccc(C(C)NC(=O)c2cccc(C)c2)cc1OC. The van der Waals surface area contributed by atoms with E-state index in [9.17, 15) is 4.79 Å². The van der Waals surface area contributed by atoms with E-state index in [1.807, 2.05) is 56.3 Å². The molecule has 0 spiro atoms. The van der Waals surface area contributed by atoms with E-state index >= 15 is 0 Å². The van der Waals surface area contributed by atoms with Crippen LogP contribution >= 0.6 is 0 Å². The van der Waals surface area contributed by atoms with E-state index in [1.54, 1.807) is 14.2 Å². The van der Waals surface area contributed by atoms with Crippen LogP contribution in [-0.2, 0) is 0 Å². The fraction of sp³-hybridized carbons (Fsp3) is 0.278. The van der Waals surface area contributed by atoms with Gasteiger partial charge in [0.1, 0.15) is 0 Å². The molecule has 116 valence electrons. The molecular weight excluding hydrogens is 278 g/mol. The number of benzene rings is 2. The van der Waals surface area contributed by atoms with Crippen LogP contribution in [0.15, 0.2) is 42.5 Å². The lowest BCUT2D eigenvalue weighted by atomic mass is 10.1. The Morgan fingerprint density at radius 3 is 2.41 bits per heavy atom. The standard InChI is InChI=1S/C18H21NO3/c1-12-6-5-7-15(10-12)18(20)19-13(2)14-8-9-16(21-3)17(11-14)22-4/h5-11,13H,1-4H3,(H,19,20). The highest BCUT2D eigenvalue weighted by atomic mass is 16.5. The summed E-state index contributed by atoms with van der Waals surface area (Å²) in [7, 11) is 3.19. The molecule has 4 nitrogen and oxygen atoms in total. The summed E-state index contributed by atoms with van der Waals surface area (Å²) >= 11 is 0. The van der Waals surface area contributed by atoms with Crippen LogP contribution in [0.25, 0.3) is 0 Å². The van der Waals surface area contributed by atoms with Crippen molar-refractivity contribution >= 4 is 5.91 Å². The largest absolute Gasteiger partial charge is 0.493 e. The minimum atomic E-state index is -0.132. The number of carbonyl (C=O) groups excluding carboxylic acids is 1. The third-order valence-electron chi connectivity index (χ3n) is 3.54. The first kappa shape index (κ1) is 15.9. The van der Waals surface area contributed by atoms with Crippen LogP contribution in [0.2, 0.25) is 0 Å². The van der Waals surface area contributed by atoms with Crippen molar-refractivity contribution in [2.75, 3.05) is 14.2 Å². The normalized spacial score (nSPS) is 11.6. The third-order valence-corrected chi connectivity index (χ3v) is 3.54. The Morgan fingerprint density at radius 2 is 1.77 bits per heavy atom. The summed E-state index contributed by atoms with van der Waals surface area (Å²) < 4.78 is 10.5. The molecule has 0 aliphatic carbocycles. The van der Waals surface area contributed by atoms with Gasteiger partial charge in [0, 0.05) is 5.56 Å². The molecule has 0 heterocycles. The van der Waals surface area contributed by atoms with E-state index in [4.69, 9.17) is 9.47 Å².